The molecule has 2 aromatic rings. The number of aryl methyl sites for hydroxylation is 1. The van der Waals surface area contributed by atoms with Gasteiger partial charge < -0.3 is 9.47 Å². The number of nitrogens with zero attached hydrogens (tertiary/aromatic N) is 4. The van der Waals surface area contributed by atoms with Crippen LogP contribution >= 0.6 is 15.9 Å². The van der Waals surface area contributed by atoms with Crippen LogP contribution in [0.1, 0.15) is 35.9 Å². The number of aromatic nitrogens is 4. The normalized spacial score (nSPS) is 10.5. The zero-order chi connectivity index (χ0) is 15.9. The Labute approximate surface area is 136 Å². The first kappa shape index (κ1) is 16.4. The van der Waals surface area contributed by atoms with E-state index in [-0.39, 0.29) is 6.61 Å². The van der Waals surface area contributed by atoms with E-state index in [1.807, 2.05) is 0 Å². The van der Waals surface area contributed by atoms with Gasteiger partial charge in [0.2, 0.25) is 0 Å². The van der Waals surface area contributed by atoms with Crippen LogP contribution in [-0.4, -0.2) is 33.3 Å². The van der Waals surface area contributed by atoms with E-state index in [1.165, 1.54) is 7.11 Å². The van der Waals surface area contributed by atoms with E-state index < -0.39 is 5.97 Å². The highest BCUT2D eigenvalue weighted by Gasteiger charge is 2.11. The molecular weight excluding hydrogens is 352 g/mol. The largest absolute Gasteiger partial charge is 0.484 e. The fraction of sp³-hybridized carbons (Fsp3) is 0.429. The Hall–Kier alpha value is -1.96. The van der Waals surface area contributed by atoms with Gasteiger partial charge in [0.15, 0.2) is 5.82 Å². The molecule has 22 heavy (non-hydrogen) atoms. The molecule has 1 heterocycles. The van der Waals surface area contributed by atoms with Gasteiger partial charge in [-0.3, -0.25) is 0 Å². The van der Waals surface area contributed by atoms with Crippen molar-refractivity contribution in [2.45, 2.75) is 32.9 Å². The number of unbranched alkanes of at least 4 members (excludes halogenated alkanes) is 1. The van der Waals surface area contributed by atoms with E-state index in [9.17, 15) is 4.79 Å². The lowest BCUT2D eigenvalue weighted by Gasteiger charge is -2.09. The molecule has 0 amide bonds. The molecule has 0 spiro atoms. The highest BCUT2D eigenvalue weighted by molar-refractivity contribution is 9.10. The molecule has 0 fully saturated rings. The summed E-state index contributed by atoms with van der Waals surface area (Å²) < 4.78 is 12.8. The van der Waals surface area contributed by atoms with Crippen molar-refractivity contribution in [1.82, 2.24) is 20.2 Å². The van der Waals surface area contributed by atoms with E-state index >= 15 is 0 Å². The van der Waals surface area contributed by atoms with Crippen LogP contribution in [0.25, 0.3) is 0 Å². The van der Waals surface area contributed by atoms with Crippen molar-refractivity contribution >= 4 is 21.9 Å². The topological polar surface area (TPSA) is 79.1 Å². The minimum atomic E-state index is -0.393. The molecule has 0 saturated carbocycles. The number of hydrogen-bond acceptors (Lipinski definition) is 6. The number of halogens is 1. The van der Waals surface area contributed by atoms with E-state index in [0.717, 1.165) is 19.4 Å². The van der Waals surface area contributed by atoms with Gasteiger partial charge in [-0.25, -0.2) is 9.48 Å². The van der Waals surface area contributed by atoms with Gasteiger partial charge in [-0.2, -0.15) is 0 Å². The molecule has 0 radical (unpaired) electrons. The summed E-state index contributed by atoms with van der Waals surface area (Å²) in [6.45, 7) is 3.14. The first-order chi connectivity index (χ1) is 10.7. The van der Waals surface area contributed by atoms with Crippen LogP contribution in [0.5, 0.6) is 5.75 Å². The molecule has 0 saturated heterocycles. The van der Waals surface area contributed by atoms with E-state index in [4.69, 9.17) is 4.74 Å². The van der Waals surface area contributed by atoms with Gasteiger partial charge in [0.1, 0.15) is 12.4 Å². The molecule has 0 N–H and O–H groups in total. The van der Waals surface area contributed by atoms with Crippen molar-refractivity contribution in [3.05, 3.63) is 34.1 Å². The van der Waals surface area contributed by atoms with Crippen molar-refractivity contribution in [1.29, 1.82) is 0 Å². The number of rotatable bonds is 7. The molecule has 0 aliphatic rings. The van der Waals surface area contributed by atoms with Gasteiger partial charge in [-0.05, 0) is 51.0 Å². The standard InChI is InChI=1S/C14H17BrN4O3/c1-3-4-7-19-13(16-17-18-19)9-22-12-6-5-10(8-11(12)15)14(20)21-2/h5-6,8H,3-4,7,9H2,1-2H3. The van der Waals surface area contributed by atoms with Crippen LogP contribution in [0.4, 0.5) is 0 Å². The minimum Gasteiger partial charge on any atom is -0.484 e. The highest BCUT2D eigenvalue weighted by Crippen LogP contribution is 2.27. The summed E-state index contributed by atoms with van der Waals surface area (Å²) in [5.41, 5.74) is 0.453. The molecule has 0 aliphatic heterocycles. The number of carbonyl (C=O) groups is 1. The smallest absolute Gasteiger partial charge is 0.337 e. The molecule has 0 atom stereocenters. The molecule has 1 aromatic heterocycles. The predicted octanol–water partition coefficient (Wildman–Crippen LogP) is 2.60. The molecule has 0 unspecified atom stereocenters. The number of methoxy groups -OCH3 is 1. The molecule has 118 valence electrons. The predicted molar refractivity (Wildman–Crippen MR) is 82.5 cm³/mol. The number of tetrazole rings is 1. The molecule has 0 bridgehead atoms. The van der Waals surface area contributed by atoms with Crippen molar-refractivity contribution in [3.8, 4) is 5.75 Å². The van der Waals surface area contributed by atoms with E-state index in [0.29, 0.717) is 21.6 Å². The Balaban J connectivity index is 2.03. The van der Waals surface area contributed by atoms with Crippen molar-refractivity contribution < 1.29 is 14.3 Å². The third kappa shape index (κ3) is 4.03. The zero-order valence-electron chi connectivity index (χ0n) is 12.5. The van der Waals surface area contributed by atoms with Crippen LogP contribution < -0.4 is 4.74 Å². The first-order valence-electron chi connectivity index (χ1n) is 6.91. The number of esters is 1. The molecule has 0 aliphatic carbocycles. The number of hydrogen-bond donors (Lipinski definition) is 0. The number of ether oxygens (including phenoxy) is 2. The zero-order valence-corrected chi connectivity index (χ0v) is 14.0. The summed E-state index contributed by atoms with van der Waals surface area (Å²) in [7, 11) is 1.34. The summed E-state index contributed by atoms with van der Waals surface area (Å²) in [6.07, 6.45) is 2.08. The van der Waals surface area contributed by atoms with Crippen molar-refractivity contribution in [3.63, 3.8) is 0 Å². The fourth-order valence-electron chi connectivity index (χ4n) is 1.81. The number of carbonyl (C=O) groups excluding carboxylic acids is 1. The second-order valence-electron chi connectivity index (χ2n) is 4.60. The van der Waals surface area contributed by atoms with Crippen LogP contribution in [0.3, 0.4) is 0 Å². The van der Waals surface area contributed by atoms with Gasteiger partial charge in [-0.15, -0.1) is 5.10 Å². The Morgan fingerprint density at radius 2 is 2.23 bits per heavy atom. The fourth-order valence-corrected chi connectivity index (χ4v) is 2.31. The van der Waals surface area contributed by atoms with Gasteiger partial charge in [0.25, 0.3) is 0 Å². The summed E-state index contributed by atoms with van der Waals surface area (Å²) in [5, 5.41) is 11.6. The molecular formula is C14H17BrN4O3. The van der Waals surface area contributed by atoms with Crippen LogP contribution in [-0.2, 0) is 17.9 Å². The molecule has 7 nitrogen and oxygen atoms in total. The quantitative estimate of drug-likeness (QED) is 0.698. The lowest BCUT2D eigenvalue weighted by atomic mass is 10.2. The summed E-state index contributed by atoms with van der Waals surface area (Å²) in [6, 6.07) is 5.00. The van der Waals surface area contributed by atoms with Crippen LogP contribution in [0.2, 0.25) is 0 Å². The first-order valence-corrected chi connectivity index (χ1v) is 7.70. The van der Waals surface area contributed by atoms with Crippen LogP contribution in [0, 0.1) is 0 Å². The average Bonchev–Trinajstić information content (AvgIpc) is 2.98. The molecule has 8 heteroatoms. The second-order valence-corrected chi connectivity index (χ2v) is 5.45. The number of benzene rings is 1. The maximum atomic E-state index is 11.5. The molecule has 1 aromatic carbocycles. The van der Waals surface area contributed by atoms with E-state index in [1.54, 1.807) is 22.9 Å². The lowest BCUT2D eigenvalue weighted by molar-refractivity contribution is 0.0600. The Morgan fingerprint density at radius 1 is 1.41 bits per heavy atom. The van der Waals surface area contributed by atoms with Gasteiger partial charge in [0.05, 0.1) is 17.1 Å². The Morgan fingerprint density at radius 3 is 2.91 bits per heavy atom. The minimum absolute atomic E-state index is 0.257. The second kappa shape index (κ2) is 7.88. The van der Waals surface area contributed by atoms with Crippen molar-refractivity contribution in [2.24, 2.45) is 0 Å². The average molecular weight is 369 g/mol. The van der Waals surface area contributed by atoms with Crippen molar-refractivity contribution in [2.75, 3.05) is 7.11 Å². The maximum absolute atomic E-state index is 11.5. The Bertz CT molecular complexity index is 645. The van der Waals surface area contributed by atoms with E-state index in [2.05, 4.69) is 43.1 Å². The maximum Gasteiger partial charge on any atom is 0.337 e. The lowest BCUT2D eigenvalue weighted by Crippen LogP contribution is -2.09. The summed E-state index contributed by atoms with van der Waals surface area (Å²) in [4.78, 5) is 11.5. The SMILES string of the molecule is CCCCn1nnnc1COc1ccc(C(=O)OC)cc1Br. The van der Waals surface area contributed by atoms with Gasteiger partial charge >= 0.3 is 5.97 Å². The van der Waals surface area contributed by atoms with Gasteiger partial charge in [0, 0.05) is 6.54 Å². The highest BCUT2D eigenvalue weighted by atomic mass is 79.9. The Kier molecular flexibility index (Phi) is 5.88. The summed E-state index contributed by atoms with van der Waals surface area (Å²) >= 11 is 3.38. The van der Waals surface area contributed by atoms with Gasteiger partial charge in [-0.1, -0.05) is 13.3 Å². The third-order valence-corrected chi connectivity index (χ3v) is 3.66. The summed E-state index contributed by atoms with van der Waals surface area (Å²) in [5.74, 6) is 0.880. The monoisotopic (exact) mass is 368 g/mol. The third-order valence-electron chi connectivity index (χ3n) is 3.04. The van der Waals surface area contributed by atoms with Crippen LogP contribution in [0.15, 0.2) is 22.7 Å². The molecule has 2 rings (SSSR count).